The van der Waals surface area contributed by atoms with Gasteiger partial charge in [-0.15, -0.1) is 0 Å². The highest BCUT2D eigenvalue weighted by Crippen LogP contribution is 2.05. The molecule has 0 aliphatic heterocycles. The molecule has 0 aliphatic rings. The van der Waals surface area contributed by atoms with Gasteiger partial charge in [-0.3, -0.25) is 0 Å². The fourth-order valence-electron chi connectivity index (χ4n) is 1.19. The largest absolute Gasteiger partial charge is 0.379 e. The fourth-order valence-corrected chi connectivity index (χ4v) is 1.19. The van der Waals surface area contributed by atoms with E-state index in [1.54, 1.807) is 0 Å². The first-order chi connectivity index (χ1) is 7.31. The predicted molar refractivity (Wildman–Crippen MR) is 68.8 cm³/mol. The van der Waals surface area contributed by atoms with Gasteiger partial charge in [0, 0.05) is 12.6 Å². The molecule has 98 valence electrons. The van der Waals surface area contributed by atoms with Crippen molar-refractivity contribution in [2.75, 3.05) is 26.4 Å². The molecule has 3 nitrogen and oxygen atoms in total. The highest BCUT2D eigenvalue weighted by atomic mass is 16.5. The first-order valence-electron chi connectivity index (χ1n) is 6.26. The molecule has 0 saturated carbocycles. The van der Waals surface area contributed by atoms with Crippen molar-refractivity contribution in [1.82, 2.24) is 5.32 Å². The average Bonchev–Trinajstić information content (AvgIpc) is 2.12. The second-order valence-electron chi connectivity index (χ2n) is 5.70. The lowest BCUT2D eigenvalue weighted by atomic mass is 10.2. The Morgan fingerprint density at radius 2 is 1.69 bits per heavy atom. The summed E-state index contributed by atoms with van der Waals surface area (Å²) in [5.74, 6) is 0.553. The van der Waals surface area contributed by atoms with Crippen LogP contribution in [0.15, 0.2) is 0 Å². The zero-order chi connectivity index (χ0) is 12.6. The van der Waals surface area contributed by atoms with Gasteiger partial charge in [0.15, 0.2) is 0 Å². The number of nitrogens with one attached hydrogen (secondary N) is 1. The average molecular weight is 231 g/mol. The van der Waals surface area contributed by atoms with Gasteiger partial charge in [0.1, 0.15) is 0 Å². The Morgan fingerprint density at radius 3 is 2.19 bits per heavy atom. The van der Waals surface area contributed by atoms with Gasteiger partial charge in [-0.1, -0.05) is 20.8 Å². The van der Waals surface area contributed by atoms with Crippen LogP contribution in [0.1, 0.15) is 41.5 Å². The molecule has 0 spiro atoms. The maximum atomic E-state index is 5.57. The quantitative estimate of drug-likeness (QED) is 0.651. The van der Waals surface area contributed by atoms with Crippen molar-refractivity contribution < 1.29 is 9.47 Å². The van der Waals surface area contributed by atoms with Crippen LogP contribution in [0.25, 0.3) is 0 Å². The molecular weight excluding hydrogens is 202 g/mol. The first kappa shape index (κ1) is 15.9. The molecule has 0 heterocycles. The molecule has 0 bridgehead atoms. The van der Waals surface area contributed by atoms with Crippen LogP contribution in [0.4, 0.5) is 0 Å². The maximum Gasteiger partial charge on any atom is 0.0707 e. The highest BCUT2D eigenvalue weighted by molar-refractivity contribution is 4.60. The van der Waals surface area contributed by atoms with Gasteiger partial charge in [-0.25, -0.2) is 0 Å². The minimum absolute atomic E-state index is 0.0613. The molecule has 0 aliphatic carbocycles. The van der Waals surface area contributed by atoms with Crippen LogP contribution >= 0.6 is 0 Å². The molecule has 16 heavy (non-hydrogen) atoms. The molecule has 0 aromatic heterocycles. The summed E-state index contributed by atoms with van der Waals surface area (Å²) in [7, 11) is 0. The van der Waals surface area contributed by atoms with Crippen LogP contribution in [-0.2, 0) is 9.47 Å². The lowest BCUT2D eigenvalue weighted by molar-refractivity contribution is -0.0385. The first-order valence-corrected chi connectivity index (χ1v) is 6.26. The van der Waals surface area contributed by atoms with Crippen LogP contribution < -0.4 is 5.32 Å². The Morgan fingerprint density at radius 1 is 1.06 bits per heavy atom. The van der Waals surface area contributed by atoms with Crippen molar-refractivity contribution in [3.63, 3.8) is 0 Å². The molecule has 1 unspecified atom stereocenters. The Bertz CT molecular complexity index is 164. The molecular formula is C13H29NO2. The highest BCUT2D eigenvalue weighted by Gasteiger charge is 2.09. The van der Waals surface area contributed by atoms with E-state index >= 15 is 0 Å². The maximum absolute atomic E-state index is 5.57. The van der Waals surface area contributed by atoms with E-state index in [2.05, 4.69) is 46.9 Å². The summed E-state index contributed by atoms with van der Waals surface area (Å²) in [6.07, 6.45) is 0. The van der Waals surface area contributed by atoms with Crippen molar-refractivity contribution in [3.8, 4) is 0 Å². The van der Waals surface area contributed by atoms with Crippen LogP contribution in [-0.4, -0.2) is 38.0 Å². The Hall–Kier alpha value is -0.120. The zero-order valence-corrected chi connectivity index (χ0v) is 11.8. The van der Waals surface area contributed by atoms with E-state index in [4.69, 9.17) is 9.47 Å². The summed E-state index contributed by atoms with van der Waals surface area (Å²) in [6, 6.07) is 0.548. The Labute approximate surface area is 101 Å². The molecule has 0 radical (unpaired) electrons. The molecule has 3 heteroatoms. The summed E-state index contributed by atoms with van der Waals surface area (Å²) >= 11 is 0. The van der Waals surface area contributed by atoms with Gasteiger partial charge in [0.25, 0.3) is 0 Å². The van der Waals surface area contributed by atoms with Gasteiger partial charge in [0.2, 0.25) is 0 Å². The lowest BCUT2D eigenvalue weighted by Crippen LogP contribution is -2.30. The van der Waals surface area contributed by atoms with E-state index in [-0.39, 0.29) is 5.60 Å². The molecule has 0 fully saturated rings. The third-order valence-corrected chi connectivity index (χ3v) is 2.04. The van der Waals surface area contributed by atoms with Gasteiger partial charge in [-0.05, 0) is 26.7 Å². The summed E-state index contributed by atoms with van der Waals surface area (Å²) in [5, 5.41) is 3.40. The Kier molecular flexibility index (Phi) is 7.98. The van der Waals surface area contributed by atoms with Crippen LogP contribution in [0, 0.1) is 5.92 Å². The minimum atomic E-state index is -0.0613. The Balaban J connectivity index is 3.31. The summed E-state index contributed by atoms with van der Waals surface area (Å²) in [4.78, 5) is 0. The molecule has 0 amide bonds. The molecule has 1 N–H and O–H groups in total. The van der Waals surface area contributed by atoms with E-state index in [1.165, 1.54) is 0 Å². The van der Waals surface area contributed by atoms with E-state index in [0.717, 1.165) is 13.2 Å². The van der Waals surface area contributed by atoms with Gasteiger partial charge in [0.05, 0.1) is 25.4 Å². The zero-order valence-electron chi connectivity index (χ0n) is 11.8. The summed E-state index contributed by atoms with van der Waals surface area (Å²) < 4.78 is 11.1. The lowest BCUT2D eigenvalue weighted by Gasteiger charge is -2.20. The standard InChI is InChI=1S/C13H29NO2/c1-11(2)14-9-12(3)10-15-7-8-16-13(4,5)6/h11-12,14H,7-10H2,1-6H3. The van der Waals surface area contributed by atoms with Gasteiger partial charge in [-0.2, -0.15) is 0 Å². The smallest absolute Gasteiger partial charge is 0.0707 e. The molecule has 0 aromatic rings. The van der Waals surface area contributed by atoms with Crippen LogP contribution in [0.3, 0.4) is 0 Å². The molecule has 1 atom stereocenters. The fraction of sp³-hybridized carbons (Fsp3) is 1.00. The molecule has 0 rings (SSSR count). The number of rotatable bonds is 8. The predicted octanol–water partition coefficient (Wildman–Crippen LogP) is 2.45. The summed E-state index contributed by atoms with van der Waals surface area (Å²) in [6.45, 7) is 15.9. The van der Waals surface area contributed by atoms with Crippen molar-refractivity contribution >= 4 is 0 Å². The number of hydrogen-bond acceptors (Lipinski definition) is 3. The van der Waals surface area contributed by atoms with Gasteiger partial charge >= 0.3 is 0 Å². The van der Waals surface area contributed by atoms with Crippen molar-refractivity contribution in [2.45, 2.75) is 53.2 Å². The van der Waals surface area contributed by atoms with E-state index < -0.39 is 0 Å². The normalized spacial score (nSPS) is 14.4. The number of ether oxygens (including phenoxy) is 2. The third-order valence-electron chi connectivity index (χ3n) is 2.04. The number of hydrogen-bond donors (Lipinski definition) is 1. The van der Waals surface area contributed by atoms with E-state index in [0.29, 0.717) is 25.2 Å². The minimum Gasteiger partial charge on any atom is -0.379 e. The topological polar surface area (TPSA) is 30.5 Å². The van der Waals surface area contributed by atoms with Crippen LogP contribution in [0.5, 0.6) is 0 Å². The molecule has 0 saturated heterocycles. The van der Waals surface area contributed by atoms with Crippen LogP contribution in [0.2, 0.25) is 0 Å². The van der Waals surface area contributed by atoms with E-state index in [9.17, 15) is 0 Å². The summed E-state index contributed by atoms with van der Waals surface area (Å²) in [5.41, 5.74) is -0.0613. The van der Waals surface area contributed by atoms with Crippen molar-refractivity contribution in [3.05, 3.63) is 0 Å². The second kappa shape index (κ2) is 8.04. The van der Waals surface area contributed by atoms with E-state index in [1.807, 2.05) is 0 Å². The molecule has 0 aromatic carbocycles. The van der Waals surface area contributed by atoms with Gasteiger partial charge < -0.3 is 14.8 Å². The third kappa shape index (κ3) is 12.0. The monoisotopic (exact) mass is 231 g/mol. The SMILES string of the molecule is CC(CNC(C)C)COCCOC(C)(C)C. The second-order valence-corrected chi connectivity index (χ2v) is 5.70. The van der Waals surface area contributed by atoms with Crippen molar-refractivity contribution in [1.29, 1.82) is 0 Å². The van der Waals surface area contributed by atoms with Crippen molar-refractivity contribution in [2.24, 2.45) is 5.92 Å².